The smallest absolute Gasteiger partial charge is 0.227 e. The van der Waals surface area contributed by atoms with Gasteiger partial charge in [-0.2, -0.15) is 0 Å². The molecule has 0 saturated heterocycles. The summed E-state index contributed by atoms with van der Waals surface area (Å²) in [6.45, 7) is 0.542. The Hall–Kier alpha value is -3.32. The van der Waals surface area contributed by atoms with Gasteiger partial charge in [-0.15, -0.1) is 0 Å². The molecule has 0 aliphatic heterocycles. The van der Waals surface area contributed by atoms with Crippen LogP contribution in [0, 0.1) is 5.92 Å². The molecule has 1 heterocycles. The molecule has 186 valence electrons. The van der Waals surface area contributed by atoms with Gasteiger partial charge in [-0.05, 0) is 48.6 Å². The number of rotatable bonds is 10. The number of hydrogen-bond acceptors (Lipinski definition) is 6. The number of hydrogen-bond donors (Lipinski definition) is 1. The van der Waals surface area contributed by atoms with Crippen molar-refractivity contribution in [1.29, 1.82) is 0 Å². The lowest BCUT2D eigenvalue weighted by Gasteiger charge is -2.23. The van der Waals surface area contributed by atoms with Gasteiger partial charge in [0, 0.05) is 6.54 Å². The summed E-state index contributed by atoms with van der Waals surface area (Å²) < 4.78 is 17.0. The van der Waals surface area contributed by atoms with E-state index < -0.39 is 0 Å². The molecule has 0 bridgehead atoms. The van der Waals surface area contributed by atoms with Crippen LogP contribution in [0.3, 0.4) is 0 Å². The lowest BCUT2D eigenvalue weighted by atomic mass is 9.90. The first-order valence-electron chi connectivity index (χ1n) is 12.3. The lowest BCUT2D eigenvalue weighted by molar-refractivity contribution is -0.131. The Kier molecular flexibility index (Phi) is 8.42. The maximum absolute atomic E-state index is 13.4. The second-order valence-corrected chi connectivity index (χ2v) is 9.10. The van der Waals surface area contributed by atoms with E-state index in [0.29, 0.717) is 40.6 Å². The van der Waals surface area contributed by atoms with Gasteiger partial charge >= 0.3 is 0 Å². The van der Waals surface area contributed by atoms with E-state index in [1.165, 1.54) is 30.4 Å². The van der Waals surface area contributed by atoms with Crippen LogP contribution in [0.4, 0.5) is 0 Å². The zero-order valence-corrected chi connectivity index (χ0v) is 20.2. The highest BCUT2D eigenvalue weighted by Crippen LogP contribution is 2.28. The normalized spacial score (nSPS) is 14.1. The van der Waals surface area contributed by atoms with E-state index in [1.54, 1.807) is 31.4 Å². The fourth-order valence-electron chi connectivity index (χ4n) is 4.62. The first-order chi connectivity index (χ1) is 17.1. The van der Waals surface area contributed by atoms with Crippen LogP contribution in [0.25, 0.3) is 11.0 Å². The Balaban J connectivity index is 1.53. The van der Waals surface area contributed by atoms with Crippen molar-refractivity contribution in [2.24, 2.45) is 5.92 Å². The summed E-state index contributed by atoms with van der Waals surface area (Å²) in [5, 5.41) is 9.94. The predicted molar refractivity (Wildman–Crippen MR) is 134 cm³/mol. The maximum atomic E-state index is 13.4. The maximum Gasteiger partial charge on any atom is 0.227 e. The average molecular weight is 480 g/mol. The number of carbonyl (C=O) groups excluding carboxylic acids is 1. The van der Waals surface area contributed by atoms with E-state index >= 15 is 0 Å². The van der Waals surface area contributed by atoms with Gasteiger partial charge in [0.25, 0.3) is 0 Å². The van der Waals surface area contributed by atoms with E-state index in [0.717, 1.165) is 18.4 Å². The third kappa shape index (κ3) is 6.22. The molecule has 0 atom stereocenters. The second-order valence-electron chi connectivity index (χ2n) is 9.10. The van der Waals surface area contributed by atoms with Gasteiger partial charge in [0.15, 0.2) is 0 Å². The second kappa shape index (κ2) is 11.9. The molecule has 1 aliphatic rings. The van der Waals surface area contributed by atoms with E-state index in [-0.39, 0.29) is 37.5 Å². The number of fused-ring (bicyclic) bond motifs is 1. The summed E-state index contributed by atoms with van der Waals surface area (Å²) in [6, 6.07) is 12.6. The molecule has 3 aromatic rings. The minimum Gasteiger partial charge on any atom is -0.497 e. The summed E-state index contributed by atoms with van der Waals surface area (Å²) >= 11 is 0. The van der Waals surface area contributed by atoms with Gasteiger partial charge in [0.2, 0.25) is 11.3 Å². The molecule has 7 heteroatoms. The molecule has 1 saturated carbocycles. The van der Waals surface area contributed by atoms with Crippen molar-refractivity contribution in [3.8, 4) is 11.5 Å². The Morgan fingerprint density at radius 3 is 2.60 bits per heavy atom. The van der Waals surface area contributed by atoms with Crippen molar-refractivity contribution in [3.63, 3.8) is 0 Å². The Morgan fingerprint density at radius 1 is 1.11 bits per heavy atom. The van der Waals surface area contributed by atoms with Crippen molar-refractivity contribution in [2.75, 3.05) is 26.9 Å². The largest absolute Gasteiger partial charge is 0.497 e. The van der Waals surface area contributed by atoms with Gasteiger partial charge in [-0.1, -0.05) is 37.5 Å². The van der Waals surface area contributed by atoms with Crippen LogP contribution in [0.2, 0.25) is 0 Å². The Morgan fingerprint density at radius 2 is 1.89 bits per heavy atom. The van der Waals surface area contributed by atoms with Crippen LogP contribution < -0.4 is 14.9 Å². The molecule has 35 heavy (non-hydrogen) atoms. The van der Waals surface area contributed by atoms with Crippen molar-refractivity contribution in [3.05, 3.63) is 70.1 Å². The number of nitrogens with zero attached hydrogens (tertiary/aromatic N) is 1. The van der Waals surface area contributed by atoms with Crippen LogP contribution in [0.1, 0.15) is 43.2 Å². The molecule has 0 radical (unpaired) electrons. The van der Waals surface area contributed by atoms with Gasteiger partial charge in [0.05, 0.1) is 45.1 Å². The Labute approximate surface area is 205 Å². The summed E-state index contributed by atoms with van der Waals surface area (Å²) in [6.07, 6.45) is 7.58. The minimum atomic E-state index is -0.217. The molecule has 7 nitrogen and oxygen atoms in total. The first-order valence-corrected chi connectivity index (χ1v) is 12.3. The quantitative estimate of drug-likeness (QED) is 0.466. The highest BCUT2D eigenvalue weighted by molar-refractivity contribution is 5.84. The average Bonchev–Trinajstić information content (AvgIpc) is 2.89. The van der Waals surface area contributed by atoms with E-state index in [1.807, 2.05) is 18.2 Å². The fourth-order valence-corrected chi connectivity index (χ4v) is 4.62. The topological polar surface area (TPSA) is 89.2 Å². The van der Waals surface area contributed by atoms with E-state index in [4.69, 9.17) is 13.9 Å². The molecule has 0 unspecified atom stereocenters. The zero-order valence-electron chi connectivity index (χ0n) is 20.2. The molecule has 4 rings (SSSR count). The third-order valence-electron chi connectivity index (χ3n) is 6.63. The molecule has 2 aromatic carbocycles. The minimum absolute atomic E-state index is 0.0464. The number of aliphatic hydroxyl groups excluding tert-OH is 1. The van der Waals surface area contributed by atoms with Crippen LogP contribution in [0.15, 0.2) is 57.9 Å². The highest BCUT2D eigenvalue weighted by atomic mass is 16.5. The Bertz CT molecular complexity index is 1180. The summed E-state index contributed by atoms with van der Waals surface area (Å²) in [7, 11) is 1.59. The number of benzene rings is 2. The highest BCUT2D eigenvalue weighted by Gasteiger charge is 2.20. The summed E-state index contributed by atoms with van der Waals surface area (Å²) in [5.74, 6) is 1.54. The van der Waals surface area contributed by atoms with Crippen molar-refractivity contribution in [1.82, 2.24) is 4.90 Å². The number of aliphatic hydroxyl groups is 1. The lowest BCUT2D eigenvalue weighted by Crippen LogP contribution is -2.35. The molecule has 0 spiro atoms. The SMILES string of the molecule is COc1ccc(CC(=O)N(CCO)Cc2coc3cccc(OCC4CCCCC4)c3c2=O)cc1. The standard InChI is InChI=1S/C28H33NO6/c1-33-23-12-10-20(11-13-23)16-26(31)29(14-15-30)17-22-19-35-25-9-5-8-24(27(25)28(22)32)34-18-21-6-3-2-4-7-21/h5,8-13,19,21,30H,2-4,6-7,14-18H2,1H3. The third-order valence-corrected chi connectivity index (χ3v) is 6.63. The van der Waals surface area contributed by atoms with Crippen LogP contribution >= 0.6 is 0 Å². The summed E-state index contributed by atoms with van der Waals surface area (Å²) in [5.41, 5.74) is 1.41. The first kappa shape index (κ1) is 24.8. The molecule has 1 amide bonds. The summed E-state index contributed by atoms with van der Waals surface area (Å²) in [4.78, 5) is 27.9. The molecule has 1 fully saturated rings. The molecule has 1 aromatic heterocycles. The van der Waals surface area contributed by atoms with Crippen LogP contribution in [-0.2, 0) is 17.8 Å². The monoisotopic (exact) mass is 479 g/mol. The number of methoxy groups -OCH3 is 1. The van der Waals surface area contributed by atoms with Gasteiger partial charge in [-0.25, -0.2) is 0 Å². The molecular weight excluding hydrogens is 446 g/mol. The van der Waals surface area contributed by atoms with Gasteiger partial charge in [-0.3, -0.25) is 9.59 Å². The van der Waals surface area contributed by atoms with E-state index in [2.05, 4.69) is 0 Å². The molecule has 1 aliphatic carbocycles. The van der Waals surface area contributed by atoms with Crippen molar-refractivity contribution >= 4 is 16.9 Å². The number of carbonyl (C=O) groups is 1. The predicted octanol–water partition coefficient (Wildman–Crippen LogP) is 4.32. The van der Waals surface area contributed by atoms with Gasteiger partial charge in [0.1, 0.15) is 22.5 Å². The van der Waals surface area contributed by atoms with Crippen LogP contribution in [-0.4, -0.2) is 42.8 Å². The van der Waals surface area contributed by atoms with Crippen molar-refractivity contribution in [2.45, 2.75) is 45.1 Å². The van der Waals surface area contributed by atoms with E-state index in [9.17, 15) is 14.7 Å². The zero-order chi connectivity index (χ0) is 24.6. The number of amides is 1. The van der Waals surface area contributed by atoms with Crippen molar-refractivity contribution < 1.29 is 23.8 Å². The van der Waals surface area contributed by atoms with Crippen LogP contribution in [0.5, 0.6) is 11.5 Å². The number of ether oxygens (including phenoxy) is 2. The van der Waals surface area contributed by atoms with Gasteiger partial charge < -0.3 is 23.9 Å². The molecular formula is C28H33NO6. The fraction of sp³-hybridized carbons (Fsp3) is 0.429. The molecule has 1 N–H and O–H groups in total.